The monoisotopic (exact) mass is 444 g/mol. The summed E-state index contributed by atoms with van der Waals surface area (Å²) in [5.74, 6) is 0.469. The fourth-order valence-electron chi connectivity index (χ4n) is 4.13. The number of amides is 1. The highest BCUT2D eigenvalue weighted by Crippen LogP contribution is 2.37. The molecule has 1 atom stereocenters. The van der Waals surface area contributed by atoms with Gasteiger partial charge in [-0.15, -0.1) is 0 Å². The van der Waals surface area contributed by atoms with E-state index in [4.69, 9.17) is 11.6 Å². The number of hydrogen-bond donors (Lipinski definition) is 2. The summed E-state index contributed by atoms with van der Waals surface area (Å²) in [7, 11) is 0. The molecule has 0 saturated carbocycles. The van der Waals surface area contributed by atoms with Crippen molar-refractivity contribution >= 4 is 29.1 Å². The van der Waals surface area contributed by atoms with Crippen molar-refractivity contribution in [2.45, 2.75) is 18.9 Å². The maximum Gasteiger partial charge on any atom is 0.254 e. The Morgan fingerprint density at radius 3 is 2.78 bits per heavy atom. The second kappa shape index (κ2) is 8.80. The highest BCUT2D eigenvalue weighted by molar-refractivity contribution is 6.30. The lowest BCUT2D eigenvalue weighted by Crippen LogP contribution is -2.31. The number of H-pyrrole nitrogens is 1. The van der Waals surface area contributed by atoms with Gasteiger partial charge in [0.25, 0.3) is 5.91 Å². The Bertz CT molecular complexity index is 1240. The molecule has 1 amide bonds. The van der Waals surface area contributed by atoms with E-state index >= 15 is 0 Å². The number of aromatic nitrogens is 4. The first kappa shape index (κ1) is 20.2. The Morgan fingerprint density at radius 1 is 1.09 bits per heavy atom. The van der Waals surface area contributed by atoms with Gasteiger partial charge in [0.05, 0.1) is 17.9 Å². The Kier molecular flexibility index (Phi) is 5.56. The lowest BCUT2D eigenvalue weighted by atomic mass is 10.0. The fourth-order valence-corrected chi connectivity index (χ4v) is 4.32. The molecule has 1 unspecified atom stereocenters. The highest BCUT2D eigenvalue weighted by atomic mass is 35.5. The van der Waals surface area contributed by atoms with Crippen LogP contribution in [-0.2, 0) is 0 Å². The lowest BCUT2D eigenvalue weighted by molar-refractivity contribution is 0.0733. The molecule has 0 bridgehead atoms. The molecule has 1 saturated heterocycles. The van der Waals surface area contributed by atoms with Crippen molar-refractivity contribution in [3.8, 4) is 11.1 Å². The van der Waals surface area contributed by atoms with Crippen LogP contribution in [0.5, 0.6) is 0 Å². The molecule has 160 valence electrons. The number of aromatic amines is 1. The van der Waals surface area contributed by atoms with Gasteiger partial charge in [-0.05, 0) is 54.8 Å². The van der Waals surface area contributed by atoms with E-state index in [0.717, 1.165) is 35.3 Å². The van der Waals surface area contributed by atoms with Gasteiger partial charge in [0.1, 0.15) is 0 Å². The second-order valence-electron chi connectivity index (χ2n) is 7.64. The lowest BCUT2D eigenvalue weighted by Gasteiger charge is -2.25. The molecule has 0 spiro atoms. The molecule has 2 aromatic heterocycles. The summed E-state index contributed by atoms with van der Waals surface area (Å²) in [6.45, 7) is 0.691. The maximum atomic E-state index is 13.5. The molecule has 7 nitrogen and oxygen atoms in total. The van der Waals surface area contributed by atoms with Crippen LogP contribution in [0.1, 0.15) is 34.9 Å². The Morgan fingerprint density at radius 2 is 1.94 bits per heavy atom. The normalized spacial score (nSPS) is 15.7. The first-order valence-corrected chi connectivity index (χ1v) is 10.8. The smallest absolute Gasteiger partial charge is 0.254 e. The van der Waals surface area contributed by atoms with E-state index in [0.29, 0.717) is 23.1 Å². The third-order valence-corrected chi connectivity index (χ3v) is 5.82. The van der Waals surface area contributed by atoms with Gasteiger partial charge >= 0.3 is 0 Å². The topological polar surface area (TPSA) is 86.8 Å². The van der Waals surface area contributed by atoms with Crippen molar-refractivity contribution in [1.29, 1.82) is 0 Å². The number of halogens is 1. The van der Waals surface area contributed by atoms with E-state index in [1.165, 1.54) is 0 Å². The summed E-state index contributed by atoms with van der Waals surface area (Å²) < 4.78 is 0. The molecule has 5 rings (SSSR count). The number of rotatable bonds is 5. The van der Waals surface area contributed by atoms with Crippen molar-refractivity contribution in [1.82, 2.24) is 25.1 Å². The summed E-state index contributed by atoms with van der Waals surface area (Å²) in [6.07, 6.45) is 6.94. The highest BCUT2D eigenvalue weighted by Gasteiger charge is 2.33. The van der Waals surface area contributed by atoms with Crippen LogP contribution < -0.4 is 5.32 Å². The second-order valence-corrected chi connectivity index (χ2v) is 8.08. The Labute approximate surface area is 190 Å². The van der Waals surface area contributed by atoms with E-state index in [1.54, 1.807) is 24.7 Å². The zero-order valence-corrected chi connectivity index (χ0v) is 18.0. The molecule has 1 aliphatic rings. The van der Waals surface area contributed by atoms with E-state index in [9.17, 15) is 4.79 Å². The number of benzene rings is 2. The molecule has 0 aliphatic carbocycles. The van der Waals surface area contributed by atoms with Gasteiger partial charge < -0.3 is 10.2 Å². The molecule has 32 heavy (non-hydrogen) atoms. The van der Waals surface area contributed by atoms with E-state index < -0.39 is 0 Å². The third kappa shape index (κ3) is 4.07. The molecule has 2 aromatic carbocycles. The third-order valence-electron chi connectivity index (χ3n) is 5.58. The first-order chi connectivity index (χ1) is 15.7. The number of anilines is 2. The number of likely N-dealkylation sites (tertiary alicyclic amines) is 1. The minimum absolute atomic E-state index is 0.0169. The number of carbonyl (C=O) groups excluding carboxylic acids is 1. The van der Waals surface area contributed by atoms with E-state index in [-0.39, 0.29) is 11.9 Å². The fraction of sp³-hybridized carbons (Fsp3) is 0.167. The molecule has 3 heterocycles. The van der Waals surface area contributed by atoms with E-state index in [1.807, 2.05) is 53.4 Å². The Balaban J connectivity index is 1.41. The van der Waals surface area contributed by atoms with Crippen molar-refractivity contribution in [2.75, 3.05) is 11.9 Å². The average molecular weight is 445 g/mol. The van der Waals surface area contributed by atoms with Gasteiger partial charge in [0.2, 0.25) is 5.95 Å². The van der Waals surface area contributed by atoms with Crippen LogP contribution in [0.3, 0.4) is 0 Å². The summed E-state index contributed by atoms with van der Waals surface area (Å²) in [6, 6.07) is 16.8. The summed E-state index contributed by atoms with van der Waals surface area (Å²) in [5, 5.41) is 11.2. The molecular weight excluding hydrogens is 424 g/mol. The van der Waals surface area contributed by atoms with Crippen LogP contribution in [0.15, 0.2) is 73.2 Å². The summed E-state index contributed by atoms with van der Waals surface area (Å²) in [5.41, 5.74) is 4.26. The first-order valence-electron chi connectivity index (χ1n) is 10.4. The van der Waals surface area contributed by atoms with Crippen LogP contribution >= 0.6 is 11.6 Å². The zero-order chi connectivity index (χ0) is 21.9. The Hall–Kier alpha value is -3.71. The van der Waals surface area contributed by atoms with Gasteiger partial charge in [0, 0.05) is 40.8 Å². The summed E-state index contributed by atoms with van der Waals surface area (Å²) >= 11 is 6.20. The summed E-state index contributed by atoms with van der Waals surface area (Å²) in [4.78, 5) is 23.7. The molecule has 1 fully saturated rings. The molecular formula is C24H21ClN6O. The van der Waals surface area contributed by atoms with Crippen molar-refractivity contribution in [3.63, 3.8) is 0 Å². The van der Waals surface area contributed by atoms with Gasteiger partial charge in [-0.25, -0.2) is 9.97 Å². The number of nitrogens with one attached hydrogen (secondary N) is 2. The molecule has 0 radical (unpaired) electrons. The van der Waals surface area contributed by atoms with Crippen LogP contribution in [0, 0.1) is 0 Å². The molecule has 8 heteroatoms. The van der Waals surface area contributed by atoms with Crippen molar-refractivity contribution in [2.24, 2.45) is 0 Å². The van der Waals surface area contributed by atoms with E-state index in [2.05, 4.69) is 25.5 Å². The average Bonchev–Trinajstić information content (AvgIpc) is 3.49. The molecule has 4 aromatic rings. The minimum Gasteiger partial charge on any atom is -0.330 e. The van der Waals surface area contributed by atoms with Crippen LogP contribution in [0.2, 0.25) is 5.02 Å². The molecule has 2 N–H and O–H groups in total. The van der Waals surface area contributed by atoms with Crippen molar-refractivity contribution in [3.05, 3.63) is 89.5 Å². The van der Waals surface area contributed by atoms with Crippen LogP contribution in [0.25, 0.3) is 11.1 Å². The largest absolute Gasteiger partial charge is 0.330 e. The van der Waals surface area contributed by atoms with Crippen molar-refractivity contribution < 1.29 is 4.79 Å². The van der Waals surface area contributed by atoms with Gasteiger partial charge in [0.15, 0.2) is 0 Å². The quantitative estimate of drug-likeness (QED) is 0.439. The standard InChI is InChI=1S/C24H21ClN6O/c25-18-7-1-5-16(13-18)20-15-28-30-22(20)21-9-3-12-31(21)23(32)17-6-2-8-19(14-17)29-24-26-10-4-11-27-24/h1-2,4-8,10-11,13-15,21H,3,9,12H2,(H,28,30)(H,26,27,29). The van der Waals surface area contributed by atoms with Gasteiger partial charge in [-0.1, -0.05) is 29.8 Å². The zero-order valence-electron chi connectivity index (χ0n) is 17.2. The number of carbonyl (C=O) groups is 1. The number of nitrogens with zero attached hydrogens (tertiary/aromatic N) is 4. The van der Waals surface area contributed by atoms with Gasteiger partial charge in [-0.2, -0.15) is 5.10 Å². The SMILES string of the molecule is O=C(c1cccc(Nc2ncccn2)c1)N1CCCC1c1[nH]ncc1-c1cccc(Cl)c1. The predicted molar refractivity (Wildman–Crippen MR) is 124 cm³/mol. The van der Waals surface area contributed by atoms with Crippen LogP contribution in [0.4, 0.5) is 11.6 Å². The number of hydrogen-bond acceptors (Lipinski definition) is 5. The minimum atomic E-state index is -0.0759. The predicted octanol–water partition coefficient (Wildman–Crippen LogP) is 5.24. The van der Waals surface area contributed by atoms with Gasteiger partial charge in [-0.3, -0.25) is 9.89 Å². The van der Waals surface area contributed by atoms with Crippen LogP contribution in [-0.4, -0.2) is 37.5 Å². The maximum absolute atomic E-state index is 13.5. The molecule has 1 aliphatic heterocycles.